The van der Waals surface area contributed by atoms with Crippen LogP contribution in [-0.4, -0.2) is 27.9 Å². The van der Waals surface area contributed by atoms with Crippen molar-refractivity contribution >= 4 is 0 Å². The summed E-state index contributed by atoms with van der Waals surface area (Å²) in [5.41, 5.74) is 1.20. The maximum absolute atomic E-state index is 5.84. The molecule has 19 heavy (non-hydrogen) atoms. The third-order valence-corrected chi connectivity index (χ3v) is 3.44. The van der Waals surface area contributed by atoms with E-state index in [1.165, 1.54) is 5.56 Å². The molecule has 1 aliphatic heterocycles. The summed E-state index contributed by atoms with van der Waals surface area (Å²) in [4.78, 5) is 4.04. The molecule has 2 heterocycles. The molecule has 1 N–H and O–H groups in total. The van der Waals surface area contributed by atoms with Crippen molar-refractivity contribution in [1.29, 1.82) is 0 Å². The molecule has 0 spiro atoms. The van der Waals surface area contributed by atoms with Crippen molar-refractivity contribution in [3.8, 4) is 5.75 Å². The SMILES string of the molecule is CCCNC1c2ccccc2OCC1n1cncn1. The molecule has 0 radical (unpaired) electrons. The quantitative estimate of drug-likeness (QED) is 0.910. The topological polar surface area (TPSA) is 52.0 Å². The van der Waals surface area contributed by atoms with Crippen molar-refractivity contribution < 1.29 is 4.74 Å². The van der Waals surface area contributed by atoms with Gasteiger partial charge in [-0.05, 0) is 19.0 Å². The predicted octanol–water partition coefficient (Wildman–Crippen LogP) is 1.95. The number of nitrogens with one attached hydrogen (secondary N) is 1. The van der Waals surface area contributed by atoms with Gasteiger partial charge in [0.05, 0.1) is 6.04 Å². The van der Waals surface area contributed by atoms with Crippen molar-refractivity contribution in [2.24, 2.45) is 0 Å². The van der Waals surface area contributed by atoms with Gasteiger partial charge in [-0.2, -0.15) is 5.10 Å². The summed E-state index contributed by atoms with van der Waals surface area (Å²) >= 11 is 0. The lowest BCUT2D eigenvalue weighted by molar-refractivity contribution is 0.169. The zero-order valence-corrected chi connectivity index (χ0v) is 11.0. The Hall–Kier alpha value is -1.88. The van der Waals surface area contributed by atoms with Crippen molar-refractivity contribution in [2.75, 3.05) is 13.2 Å². The van der Waals surface area contributed by atoms with Gasteiger partial charge in [0.15, 0.2) is 0 Å². The van der Waals surface area contributed by atoms with Gasteiger partial charge in [0, 0.05) is 5.56 Å². The number of benzene rings is 1. The number of ether oxygens (including phenoxy) is 1. The largest absolute Gasteiger partial charge is 0.491 e. The lowest BCUT2D eigenvalue weighted by Gasteiger charge is -2.34. The van der Waals surface area contributed by atoms with Crippen LogP contribution in [0.2, 0.25) is 0 Å². The number of hydrogen-bond donors (Lipinski definition) is 1. The summed E-state index contributed by atoms with van der Waals surface area (Å²) in [6, 6.07) is 8.55. The molecule has 0 bridgehead atoms. The minimum absolute atomic E-state index is 0.143. The lowest BCUT2D eigenvalue weighted by atomic mass is 9.96. The van der Waals surface area contributed by atoms with Crippen LogP contribution in [0.15, 0.2) is 36.9 Å². The van der Waals surface area contributed by atoms with Gasteiger partial charge < -0.3 is 10.1 Å². The summed E-state index contributed by atoms with van der Waals surface area (Å²) in [7, 11) is 0. The molecule has 0 saturated carbocycles. The first kappa shape index (κ1) is 12.2. The van der Waals surface area contributed by atoms with Gasteiger partial charge in [-0.15, -0.1) is 0 Å². The molecule has 5 heteroatoms. The second-order valence-electron chi connectivity index (χ2n) is 4.72. The molecule has 3 rings (SSSR count). The van der Waals surface area contributed by atoms with Crippen LogP contribution < -0.4 is 10.1 Å². The van der Waals surface area contributed by atoms with E-state index in [2.05, 4.69) is 28.4 Å². The molecule has 1 aromatic heterocycles. The van der Waals surface area contributed by atoms with Crippen LogP contribution in [0.1, 0.15) is 31.0 Å². The van der Waals surface area contributed by atoms with E-state index in [1.54, 1.807) is 12.7 Å². The zero-order chi connectivity index (χ0) is 13.1. The lowest BCUT2D eigenvalue weighted by Crippen LogP contribution is -2.37. The van der Waals surface area contributed by atoms with Crippen molar-refractivity contribution in [2.45, 2.75) is 25.4 Å². The highest BCUT2D eigenvalue weighted by Gasteiger charge is 2.32. The van der Waals surface area contributed by atoms with E-state index in [4.69, 9.17) is 4.74 Å². The molecule has 0 saturated heterocycles. The molecule has 2 unspecified atom stereocenters. The van der Waals surface area contributed by atoms with Crippen LogP contribution >= 0.6 is 0 Å². The Morgan fingerprint density at radius 3 is 3.11 bits per heavy atom. The Kier molecular flexibility index (Phi) is 3.46. The van der Waals surface area contributed by atoms with Gasteiger partial charge in [-0.25, -0.2) is 9.67 Å². The van der Waals surface area contributed by atoms with Crippen LogP contribution in [0.4, 0.5) is 0 Å². The highest BCUT2D eigenvalue weighted by molar-refractivity contribution is 5.38. The minimum Gasteiger partial charge on any atom is -0.491 e. The van der Waals surface area contributed by atoms with E-state index in [0.29, 0.717) is 6.61 Å². The molecule has 1 aliphatic rings. The molecular weight excluding hydrogens is 240 g/mol. The van der Waals surface area contributed by atoms with E-state index in [0.717, 1.165) is 18.7 Å². The Morgan fingerprint density at radius 2 is 2.32 bits per heavy atom. The average molecular weight is 258 g/mol. The second-order valence-corrected chi connectivity index (χ2v) is 4.72. The highest BCUT2D eigenvalue weighted by atomic mass is 16.5. The number of hydrogen-bond acceptors (Lipinski definition) is 4. The summed E-state index contributed by atoms with van der Waals surface area (Å²) in [6.45, 7) is 3.76. The Labute approximate surface area is 112 Å². The zero-order valence-electron chi connectivity index (χ0n) is 11.0. The normalized spacial score (nSPS) is 21.7. The number of aromatic nitrogens is 3. The fraction of sp³-hybridized carbons (Fsp3) is 0.429. The molecule has 0 fully saturated rings. The van der Waals surface area contributed by atoms with Gasteiger partial charge >= 0.3 is 0 Å². The molecule has 0 amide bonds. The monoisotopic (exact) mass is 258 g/mol. The van der Waals surface area contributed by atoms with Crippen molar-refractivity contribution in [3.63, 3.8) is 0 Å². The first-order chi connectivity index (χ1) is 9.40. The smallest absolute Gasteiger partial charge is 0.137 e. The first-order valence-corrected chi connectivity index (χ1v) is 6.69. The molecule has 2 aromatic rings. The number of nitrogens with zero attached hydrogens (tertiary/aromatic N) is 3. The van der Waals surface area contributed by atoms with Gasteiger partial charge in [-0.3, -0.25) is 0 Å². The van der Waals surface area contributed by atoms with Crippen LogP contribution in [-0.2, 0) is 0 Å². The molecule has 0 aliphatic carbocycles. The fourth-order valence-electron chi connectivity index (χ4n) is 2.51. The highest BCUT2D eigenvalue weighted by Crippen LogP contribution is 2.37. The first-order valence-electron chi connectivity index (χ1n) is 6.69. The van der Waals surface area contributed by atoms with Crippen LogP contribution in [0.5, 0.6) is 5.75 Å². The minimum atomic E-state index is 0.143. The fourth-order valence-corrected chi connectivity index (χ4v) is 2.51. The molecule has 2 atom stereocenters. The van der Waals surface area contributed by atoms with E-state index in [1.807, 2.05) is 22.9 Å². The van der Waals surface area contributed by atoms with E-state index >= 15 is 0 Å². The standard InChI is InChI=1S/C14H18N4O/c1-2-7-16-14-11-5-3-4-6-13(11)19-8-12(14)18-10-15-9-17-18/h3-6,9-10,12,14,16H,2,7-8H2,1H3. The predicted molar refractivity (Wildman–Crippen MR) is 72.0 cm³/mol. The van der Waals surface area contributed by atoms with Gasteiger partial charge in [-0.1, -0.05) is 25.1 Å². The number of para-hydroxylation sites is 1. The molecular formula is C14H18N4O. The van der Waals surface area contributed by atoms with Crippen LogP contribution in [0.3, 0.4) is 0 Å². The van der Waals surface area contributed by atoms with Crippen molar-refractivity contribution in [1.82, 2.24) is 20.1 Å². The number of fused-ring (bicyclic) bond motifs is 1. The average Bonchev–Trinajstić information content (AvgIpc) is 2.98. The van der Waals surface area contributed by atoms with E-state index < -0.39 is 0 Å². The van der Waals surface area contributed by atoms with Gasteiger partial charge in [0.1, 0.15) is 31.1 Å². The molecule has 1 aromatic carbocycles. The molecule has 100 valence electrons. The Balaban J connectivity index is 1.93. The Morgan fingerprint density at radius 1 is 1.42 bits per heavy atom. The maximum atomic E-state index is 5.84. The third kappa shape index (κ3) is 2.33. The maximum Gasteiger partial charge on any atom is 0.137 e. The number of rotatable bonds is 4. The summed E-state index contributed by atoms with van der Waals surface area (Å²) in [5, 5.41) is 7.85. The van der Waals surface area contributed by atoms with Crippen LogP contribution in [0, 0.1) is 0 Å². The van der Waals surface area contributed by atoms with E-state index in [-0.39, 0.29) is 12.1 Å². The van der Waals surface area contributed by atoms with Crippen LogP contribution in [0.25, 0.3) is 0 Å². The summed E-state index contributed by atoms with van der Waals surface area (Å²) < 4.78 is 7.72. The molecule has 5 nitrogen and oxygen atoms in total. The van der Waals surface area contributed by atoms with Crippen molar-refractivity contribution in [3.05, 3.63) is 42.5 Å². The summed E-state index contributed by atoms with van der Waals surface area (Å²) in [6.07, 6.45) is 4.42. The third-order valence-electron chi connectivity index (χ3n) is 3.44. The van der Waals surface area contributed by atoms with E-state index in [9.17, 15) is 0 Å². The second kappa shape index (κ2) is 5.40. The van der Waals surface area contributed by atoms with Gasteiger partial charge in [0.2, 0.25) is 0 Å². The summed E-state index contributed by atoms with van der Waals surface area (Å²) in [5.74, 6) is 0.965. The Bertz CT molecular complexity index is 526. The van der Waals surface area contributed by atoms with Gasteiger partial charge in [0.25, 0.3) is 0 Å².